The Morgan fingerprint density at radius 1 is 1.03 bits per heavy atom. The highest BCUT2D eigenvalue weighted by atomic mass is 16.5. The third-order valence-corrected chi connectivity index (χ3v) is 4.92. The molecule has 0 bridgehead atoms. The molecule has 1 aliphatic rings. The molecule has 180 valence electrons. The fourth-order valence-corrected chi connectivity index (χ4v) is 3.20. The third-order valence-electron chi connectivity index (χ3n) is 4.92. The minimum Gasteiger partial charge on any atom is -0.493 e. The number of nitrogens with zero attached hydrogens (tertiary/aromatic N) is 1. The Kier molecular flexibility index (Phi) is 9.01. The average Bonchev–Trinajstić information content (AvgIpc) is 2.82. The molecule has 0 saturated carbocycles. The van der Waals surface area contributed by atoms with Gasteiger partial charge in [-0.3, -0.25) is 28.9 Å². The van der Waals surface area contributed by atoms with Crippen LogP contribution in [-0.2, 0) is 23.9 Å². The van der Waals surface area contributed by atoms with E-state index in [2.05, 4.69) is 15.4 Å². The number of esters is 1. The summed E-state index contributed by atoms with van der Waals surface area (Å²) in [5, 5.41) is 5.03. The summed E-state index contributed by atoms with van der Waals surface area (Å²) in [5.41, 5.74) is 0.154. The minimum atomic E-state index is -1.00. The Balaban J connectivity index is 2.07. The van der Waals surface area contributed by atoms with E-state index < -0.39 is 42.2 Å². The lowest BCUT2D eigenvalue weighted by molar-refractivity contribution is -0.152. The van der Waals surface area contributed by atoms with Gasteiger partial charge in [0.05, 0.1) is 34.9 Å². The number of ether oxygens (including phenoxy) is 4. The number of rotatable bonds is 10. The topological polar surface area (TPSA) is 150 Å². The van der Waals surface area contributed by atoms with Crippen molar-refractivity contribution in [2.24, 2.45) is 0 Å². The molecule has 1 aromatic rings. The Bertz CT molecular complexity index is 907. The van der Waals surface area contributed by atoms with E-state index in [9.17, 15) is 24.0 Å². The first-order valence-electron chi connectivity index (χ1n) is 10.0. The smallest absolute Gasteiger partial charge is 0.307 e. The van der Waals surface area contributed by atoms with Gasteiger partial charge in [-0.2, -0.15) is 0 Å². The standard InChI is InChI=1S/C21H27N3O9/c1-30-14-9-12(10-15(31-2)19(14)33-4)20(28)23-13-5-6-17(26)24(21(13)29)11-16(25)22-8-7-18(27)32-3/h9-10,13H,5-8,11H2,1-4H3,(H,22,25)(H,23,28)/t13-/m0/s1. The van der Waals surface area contributed by atoms with Crippen molar-refractivity contribution >= 4 is 29.6 Å². The SMILES string of the molecule is COC(=O)CCNC(=O)CN1C(=O)CC[C@H](NC(=O)c2cc(OC)c(OC)c(OC)c2)C1=O. The summed E-state index contributed by atoms with van der Waals surface area (Å²) >= 11 is 0. The van der Waals surface area contributed by atoms with Gasteiger partial charge in [-0.1, -0.05) is 0 Å². The monoisotopic (exact) mass is 465 g/mol. The lowest BCUT2D eigenvalue weighted by Crippen LogP contribution is -2.56. The number of benzene rings is 1. The number of likely N-dealkylation sites (tertiary alicyclic amines) is 1. The maximum Gasteiger partial charge on any atom is 0.307 e. The van der Waals surface area contributed by atoms with Crippen molar-refractivity contribution in [2.75, 3.05) is 41.5 Å². The van der Waals surface area contributed by atoms with Gasteiger partial charge in [0.15, 0.2) is 11.5 Å². The second kappa shape index (κ2) is 11.7. The van der Waals surface area contributed by atoms with Crippen molar-refractivity contribution < 1.29 is 42.9 Å². The fraction of sp³-hybridized carbons (Fsp3) is 0.476. The van der Waals surface area contributed by atoms with Gasteiger partial charge in [0.25, 0.3) is 11.8 Å². The summed E-state index contributed by atoms with van der Waals surface area (Å²) in [4.78, 5) is 61.8. The number of carbonyl (C=O) groups excluding carboxylic acids is 5. The van der Waals surface area contributed by atoms with Crippen molar-refractivity contribution in [3.63, 3.8) is 0 Å². The maximum atomic E-state index is 12.8. The van der Waals surface area contributed by atoms with E-state index in [1.807, 2.05) is 0 Å². The normalized spacial score (nSPS) is 15.5. The third kappa shape index (κ3) is 6.34. The number of hydrogen-bond donors (Lipinski definition) is 2. The molecule has 0 unspecified atom stereocenters. The van der Waals surface area contributed by atoms with Crippen LogP contribution in [0, 0.1) is 0 Å². The molecular weight excluding hydrogens is 438 g/mol. The molecule has 1 saturated heterocycles. The molecule has 2 N–H and O–H groups in total. The Labute approximate surface area is 190 Å². The lowest BCUT2D eigenvalue weighted by atomic mass is 10.0. The van der Waals surface area contributed by atoms with Crippen molar-refractivity contribution in [2.45, 2.75) is 25.3 Å². The van der Waals surface area contributed by atoms with Crippen LogP contribution in [0.25, 0.3) is 0 Å². The minimum absolute atomic E-state index is 0.00300. The second-order valence-electron chi connectivity index (χ2n) is 6.97. The molecule has 1 fully saturated rings. The fourth-order valence-electron chi connectivity index (χ4n) is 3.20. The van der Waals surface area contributed by atoms with Gasteiger partial charge in [-0.25, -0.2) is 0 Å². The van der Waals surface area contributed by atoms with E-state index in [0.717, 1.165) is 4.90 Å². The van der Waals surface area contributed by atoms with Crippen LogP contribution in [0.4, 0.5) is 0 Å². The molecule has 0 aliphatic carbocycles. The van der Waals surface area contributed by atoms with Gasteiger partial charge in [0.2, 0.25) is 17.6 Å². The second-order valence-corrected chi connectivity index (χ2v) is 6.97. The van der Waals surface area contributed by atoms with Gasteiger partial charge in [-0.15, -0.1) is 0 Å². The molecule has 1 aromatic carbocycles. The average molecular weight is 465 g/mol. The number of imide groups is 1. The summed E-state index contributed by atoms with van der Waals surface area (Å²) in [7, 11) is 5.46. The number of nitrogens with one attached hydrogen (secondary N) is 2. The van der Waals surface area contributed by atoms with Gasteiger partial charge in [0, 0.05) is 18.5 Å². The van der Waals surface area contributed by atoms with Gasteiger partial charge < -0.3 is 29.6 Å². The highest BCUT2D eigenvalue weighted by Crippen LogP contribution is 2.38. The first-order chi connectivity index (χ1) is 15.7. The molecule has 2 rings (SSSR count). The van der Waals surface area contributed by atoms with Crippen LogP contribution < -0.4 is 24.8 Å². The van der Waals surface area contributed by atoms with Crippen LogP contribution in [0.5, 0.6) is 17.2 Å². The van der Waals surface area contributed by atoms with E-state index >= 15 is 0 Å². The van der Waals surface area contributed by atoms with Crippen LogP contribution in [0.3, 0.4) is 0 Å². The number of amides is 4. The molecule has 0 radical (unpaired) electrons. The van der Waals surface area contributed by atoms with Crippen LogP contribution in [0.1, 0.15) is 29.6 Å². The number of hydrogen-bond acceptors (Lipinski definition) is 9. The molecule has 0 spiro atoms. The first kappa shape index (κ1) is 25.4. The van der Waals surface area contributed by atoms with Crippen LogP contribution in [0.2, 0.25) is 0 Å². The molecule has 12 nitrogen and oxygen atoms in total. The van der Waals surface area contributed by atoms with E-state index in [4.69, 9.17) is 14.2 Å². The van der Waals surface area contributed by atoms with Gasteiger partial charge >= 0.3 is 5.97 Å². The summed E-state index contributed by atoms with van der Waals surface area (Å²) in [6.07, 6.45) is 0.0211. The molecule has 4 amide bonds. The van der Waals surface area contributed by atoms with Gasteiger partial charge in [0.1, 0.15) is 12.6 Å². The molecule has 12 heteroatoms. The van der Waals surface area contributed by atoms with Crippen molar-refractivity contribution in [3.8, 4) is 17.2 Å². The predicted molar refractivity (Wildman–Crippen MR) is 113 cm³/mol. The van der Waals surface area contributed by atoms with Crippen molar-refractivity contribution in [3.05, 3.63) is 17.7 Å². The molecule has 33 heavy (non-hydrogen) atoms. The van der Waals surface area contributed by atoms with Crippen LogP contribution in [-0.4, -0.2) is 82.1 Å². The molecule has 1 atom stereocenters. The molecule has 1 heterocycles. The maximum absolute atomic E-state index is 12.8. The highest BCUT2D eigenvalue weighted by molar-refractivity contribution is 6.06. The Morgan fingerprint density at radius 2 is 1.67 bits per heavy atom. The van der Waals surface area contributed by atoms with Gasteiger partial charge in [-0.05, 0) is 18.6 Å². The van der Waals surface area contributed by atoms with E-state index in [1.54, 1.807) is 0 Å². The van der Waals surface area contributed by atoms with E-state index in [1.165, 1.54) is 40.6 Å². The summed E-state index contributed by atoms with van der Waals surface area (Å²) in [5.74, 6) is -2.11. The summed E-state index contributed by atoms with van der Waals surface area (Å²) in [6, 6.07) is 1.86. The first-order valence-corrected chi connectivity index (χ1v) is 10.0. The summed E-state index contributed by atoms with van der Waals surface area (Å²) < 4.78 is 20.2. The van der Waals surface area contributed by atoms with Crippen molar-refractivity contribution in [1.82, 2.24) is 15.5 Å². The number of carbonyl (C=O) groups is 5. The van der Waals surface area contributed by atoms with Crippen molar-refractivity contribution in [1.29, 1.82) is 0 Å². The Morgan fingerprint density at radius 3 is 2.21 bits per heavy atom. The zero-order chi connectivity index (χ0) is 24.5. The largest absolute Gasteiger partial charge is 0.493 e. The lowest BCUT2D eigenvalue weighted by Gasteiger charge is -2.30. The molecule has 0 aromatic heterocycles. The zero-order valence-corrected chi connectivity index (χ0v) is 18.9. The predicted octanol–water partition coefficient (Wildman–Crippen LogP) is -0.361. The number of methoxy groups -OCH3 is 4. The zero-order valence-electron chi connectivity index (χ0n) is 18.9. The number of piperidine rings is 1. The Hall–Kier alpha value is -3.83. The van der Waals surface area contributed by atoms with E-state index in [0.29, 0.717) is 5.75 Å². The quantitative estimate of drug-likeness (QED) is 0.349. The highest BCUT2D eigenvalue weighted by Gasteiger charge is 2.36. The summed E-state index contributed by atoms with van der Waals surface area (Å²) in [6.45, 7) is -0.515. The van der Waals surface area contributed by atoms with E-state index in [-0.39, 0.29) is 42.9 Å². The molecule has 1 aliphatic heterocycles. The van der Waals surface area contributed by atoms with Crippen LogP contribution >= 0.6 is 0 Å². The van der Waals surface area contributed by atoms with Crippen LogP contribution in [0.15, 0.2) is 12.1 Å². The molecular formula is C21H27N3O9.